The summed E-state index contributed by atoms with van der Waals surface area (Å²) in [5.41, 5.74) is 1.42. The van der Waals surface area contributed by atoms with Crippen LogP contribution in [0.3, 0.4) is 0 Å². The fourth-order valence-corrected chi connectivity index (χ4v) is 5.49. The highest BCUT2D eigenvalue weighted by atomic mass is 28.4. The number of hydrogen-bond donors (Lipinski definition) is 1. The van der Waals surface area contributed by atoms with E-state index in [-0.39, 0.29) is 30.4 Å². The van der Waals surface area contributed by atoms with Crippen molar-refractivity contribution >= 4 is 26.0 Å². The SMILES string of the molecule is C=CCOC(=O)N[C@H]1c2cc(OCOCCOC)ccc2N2C(=O)C=CC[C@H]2[C@@H]1O[Si](C)(C)C(C)(C)C. The van der Waals surface area contributed by atoms with Gasteiger partial charge in [-0.05, 0) is 48.8 Å². The van der Waals surface area contributed by atoms with Crippen molar-refractivity contribution in [3.8, 4) is 5.75 Å². The van der Waals surface area contributed by atoms with Crippen molar-refractivity contribution in [3.05, 3.63) is 48.6 Å². The van der Waals surface area contributed by atoms with Crippen LogP contribution in [-0.4, -0.2) is 66.2 Å². The highest BCUT2D eigenvalue weighted by Crippen LogP contribution is 2.46. The van der Waals surface area contributed by atoms with Crippen molar-refractivity contribution < 1.29 is 33.0 Å². The molecule has 10 heteroatoms. The van der Waals surface area contributed by atoms with E-state index in [4.69, 9.17) is 23.4 Å². The number of anilines is 1. The minimum atomic E-state index is -2.31. The molecular weight excluding hydrogens is 492 g/mol. The summed E-state index contributed by atoms with van der Waals surface area (Å²) < 4.78 is 28.5. The van der Waals surface area contributed by atoms with E-state index in [1.54, 1.807) is 24.2 Å². The first kappa shape index (κ1) is 28.9. The Morgan fingerprint density at radius 3 is 2.70 bits per heavy atom. The maximum atomic E-state index is 13.1. The molecule has 0 unspecified atom stereocenters. The molecule has 0 aromatic heterocycles. The molecule has 3 rings (SSSR count). The van der Waals surface area contributed by atoms with Crippen LogP contribution in [0.1, 0.15) is 38.8 Å². The minimum absolute atomic E-state index is 0.0412. The van der Waals surface area contributed by atoms with Gasteiger partial charge in [-0.1, -0.05) is 39.5 Å². The molecule has 2 amide bonds. The van der Waals surface area contributed by atoms with Crippen LogP contribution in [-0.2, 0) is 23.4 Å². The quantitative estimate of drug-likeness (QED) is 0.191. The molecule has 0 radical (unpaired) electrons. The van der Waals surface area contributed by atoms with Crippen LogP contribution < -0.4 is 15.0 Å². The van der Waals surface area contributed by atoms with E-state index in [1.807, 2.05) is 18.2 Å². The number of ether oxygens (including phenoxy) is 4. The van der Waals surface area contributed by atoms with Gasteiger partial charge < -0.3 is 33.6 Å². The lowest BCUT2D eigenvalue weighted by Crippen LogP contribution is -2.61. The number of hydrogen-bond acceptors (Lipinski definition) is 7. The van der Waals surface area contributed by atoms with Gasteiger partial charge in [-0.3, -0.25) is 4.79 Å². The molecule has 1 aromatic carbocycles. The molecule has 1 aromatic rings. The van der Waals surface area contributed by atoms with E-state index in [2.05, 4.69) is 45.8 Å². The second-order valence-corrected chi connectivity index (χ2v) is 15.4. The molecule has 0 aliphatic carbocycles. The Balaban J connectivity index is 2.03. The Morgan fingerprint density at radius 2 is 2.03 bits per heavy atom. The molecule has 0 saturated heterocycles. The normalized spacial score (nSPS) is 21.2. The summed E-state index contributed by atoms with van der Waals surface area (Å²) in [6.45, 7) is 15.4. The predicted octanol–water partition coefficient (Wildman–Crippen LogP) is 4.70. The van der Waals surface area contributed by atoms with Gasteiger partial charge >= 0.3 is 6.09 Å². The van der Waals surface area contributed by atoms with Crippen molar-refractivity contribution in [2.45, 2.75) is 63.5 Å². The third-order valence-corrected chi connectivity index (χ3v) is 11.6. The highest BCUT2D eigenvalue weighted by Gasteiger charge is 2.50. The molecule has 0 bridgehead atoms. The molecule has 1 N–H and O–H groups in total. The van der Waals surface area contributed by atoms with Crippen LogP contribution in [0, 0.1) is 0 Å². The van der Waals surface area contributed by atoms with E-state index in [1.165, 1.54) is 6.08 Å². The molecule has 37 heavy (non-hydrogen) atoms. The van der Waals surface area contributed by atoms with E-state index in [0.717, 1.165) is 0 Å². The largest absolute Gasteiger partial charge is 0.468 e. The molecule has 3 atom stereocenters. The summed E-state index contributed by atoms with van der Waals surface area (Å²) >= 11 is 0. The number of benzene rings is 1. The number of rotatable bonds is 11. The van der Waals surface area contributed by atoms with Crippen molar-refractivity contribution in [2.75, 3.05) is 38.6 Å². The van der Waals surface area contributed by atoms with Crippen LogP contribution in [0.25, 0.3) is 0 Å². The van der Waals surface area contributed by atoms with Gasteiger partial charge in [0.15, 0.2) is 15.1 Å². The molecule has 2 aliphatic rings. The number of nitrogens with one attached hydrogen (secondary N) is 1. The average Bonchev–Trinajstić information content (AvgIpc) is 2.83. The van der Waals surface area contributed by atoms with Gasteiger partial charge in [-0.25, -0.2) is 4.79 Å². The first-order valence-electron chi connectivity index (χ1n) is 12.6. The summed E-state index contributed by atoms with van der Waals surface area (Å²) in [6, 6.07) is 4.62. The van der Waals surface area contributed by atoms with Gasteiger partial charge in [0.2, 0.25) is 0 Å². The van der Waals surface area contributed by atoms with Crippen molar-refractivity contribution in [1.82, 2.24) is 5.32 Å². The average molecular weight is 533 g/mol. The number of fused-ring (bicyclic) bond motifs is 3. The third-order valence-electron chi connectivity index (χ3n) is 7.09. The van der Waals surface area contributed by atoms with E-state index in [9.17, 15) is 9.59 Å². The summed E-state index contributed by atoms with van der Waals surface area (Å²) in [4.78, 5) is 27.7. The molecule has 2 heterocycles. The van der Waals surface area contributed by atoms with Crippen LogP contribution >= 0.6 is 0 Å². The lowest BCUT2D eigenvalue weighted by atomic mass is 9.85. The number of amides is 2. The van der Waals surface area contributed by atoms with Crippen molar-refractivity contribution in [1.29, 1.82) is 0 Å². The summed E-state index contributed by atoms with van der Waals surface area (Å²) in [5.74, 6) is 0.428. The summed E-state index contributed by atoms with van der Waals surface area (Å²) in [6.07, 6.45) is 4.50. The van der Waals surface area contributed by atoms with Crippen LogP contribution in [0.15, 0.2) is 43.0 Å². The van der Waals surface area contributed by atoms with E-state index < -0.39 is 26.6 Å². The van der Waals surface area contributed by atoms with Gasteiger partial charge in [0.1, 0.15) is 12.4 Å². The summed E-state index contributed by atoms with van der Waals surface area (Å²) in [5, 5.41) is 2.94. The fraction of sp³-hybridized carbons (Fsp3) is 0.556. The Morgan fingerprint density at radius 1 is 1.27 bits per heavy atom. The minimum Gasteiger partial charge on any atom is -0.468 e. The van der Waals surface area contributed by atoms with Gasteiger partial charge in [0.05, 0.1) is 37.1 Å². The Bertz CT molecular complexity index is 1000. The van der Waals surface area contributed by atoms with Gasteiger partial charge in [-0.2, -0.15) is 0 Å². The van der Waals surface area contributed by atoms with Gasteiger partial charge in [0.25, 0.3) is 5.91 Å². The first-order valence-corrected chi connectivity index (χ1v) is 15.5. The maximum absolute atomic E-state index is 13.1. The van der Waals surface area contributed by atoms with E-state index in [0.29, 0.717) is 36.6 Å². The molecular formula is C27H40N2O7Si. The number of nitrogens with zero attached hydrogens (tertiary/aromatic N) is 1. The number of alkyl carbamates (subject to hydrolysis) is 1. The molecule has 0 fully saturated rings. The van der Waals surface area contributed by atoms with Gasteiger partial charge in [0, 0.05) is 12.7 Å². The van der Waals surface area contributed by atoms with Crippen LogP contribution in [0.4, 0.5) is 10.5 Å². The molecule has 0 saturated carbocycles. The zero-order chi connectivity index (χ0) is 27.2. The number of carbonyl (C=O) groups excluding carboxylic acids is 2. The monoisotopic (exact) mass is 532 g/mol. The smallest absolute Gasteiger partial charge is 0.408 e. The van der Waals surface area contributed by atoms with Gasteiger partial charge in [-0.15, -0.1) is 0 Å². The summed E-state index contributed by atoms with van der Waals surface area (Å²) in [7, 11) is -0.706. The third kappa shape index (κ3) is 6.81. The zero-order valence-corrected chi connectivity index (χ0v) is 23.7. The Kier molecular flexibility index (Phi) is 9.57. The number of carbonyl (C=O) groups is 2. The zero-order valence-electron chi connectivity index (χ0n) is 22.7. The second kappa shape index (κ2) is 12.3. The Hall–Kier alpha value is -2.66. The lowest BCUT2D eigenvalue weighted by molar-refractivity contribution is -0.115. The molecule has 9 nitrogen and oxygen atoms in total. The van der Waals surface area contributed by atoms with Crippen LogP contribution in [0.2, 0.25) is 18.1 Å². The van der Waals surface area contributed by atoms with E-state index >= 15 is 0 Å². The lowest BCUT2D eigenvalue weighted by Gasteiger charge is -2.50. The highest BCUT2D eigenvalue weighted by molar-refractivity contribution is 6.74. The topological polar surface area (TPSA) is 95.6 Å². The second-order valence-electron chi connectivity index (χ2n) is 10.6. The number of methoxy groups -OCH3 is 1. The van der Waals surface area contributed by atoms with Crippen molar-refractivity contribution in [2.24, 2.45) is 0 Å². The first-order chi connectivity index (χ1) is 17.5. The predicted molar refractivity (Wildman–Crippen MR) is 144 cm³/mol. The molecule has 0 spiro atoms. The van der Waals surface area contributed by atoms with Crippen molar-refractivity contribution in [3.63, 3.8) is 0 Å². The maximum Gasteiger partial charge on any atom is 0.408 e. The van der Waals surface area contributed by atoms with Crippen LogP contribution in [0.5, 0.6) is 5.75 Å². The Labute approximate surface area is 220 Å². The standard InChI is InChI=1S/C27H40N2O7Si/c1-8-14-34-26(31)28-24-20-17-19(35-18-33-16-15-32-5)12-13-21(20)29-22(10-9-11-23(29)30)25(24)36-37(6,7)27(2,3)4/h8-9,11-13,17,22,24-25H,1,10,14-16,18H2,2-7H3,(H,28,31)/t22-,24-,25-/m0/s1. The molecule has 2 aliphatic heterocycles. The molecule has 204 valence electrons. The fourth-order valence-electron chi connectivity index (χ4n) is 4.16.